The third kappa shape index (κ3) is 7.09. The molecule has 0 rings (SSSR count). The average molecular weight is 161 g/mol. The molecule has 0 radical (unpaired) electrons. The zero-order chi connectivity index (χ0) is 8.85. The highest BCUT2D eigenvalue weighted by atomic mass is 17.0. The van der Waals surface area contributed by atoms with Crippen LogP contribution in [0.2, 0.25) is 0 Å². The van der Waals surface area contributed by atoms with E-state index in [0.29, 0.717) is 5.92 Å². The summed E-state index contributed by atoms with van der Waals surface area (Å²) in [5.41, 5.74) is 0. The van der Waals surface area contributed by atoms with Gasteiger partial charge in [0.05, 0.1) is 0 Å². The molecule has 1 atom stereocenters. The van der Waals surface area contributed by atoms with Crippen molar-refractivity contribution >= 4 is 0 Å². The predicted molar refractivity (Wildman–Crippen MR) is 41.6 cm³/mol. The minimum absolute atomic E-state index is 0.271. The Morgan fingerprint density at radius 1 is 1.36 bits per heavy atom. The Bertz CT molecular complexity index is 125. The van der Waals surface area contributed by atoms with Gasteiger partial charge in [0.25, 0.3) is 5.09 Å². The molecule has 11 heavy (non-hydrogen) atoms. The van der Waals surface area contributed by atoms with Crippen molar-refractivity contribution in [3.05, 3.63) is 10.1 Å². The van der Waals surface area contributed by atoms with Gasteiger partial charge in [-0.3, -0.25) is 0 Å². The highest BCUT2D eigenvalue weighted by Crippen LogP contribution is 2.08. The lowest BCUT2D eigenvalue weighted by molar-refractivity contribution is -0.767. The third-order valence-corrected chi connectivity index (χ3v) is 1.42. The number of hydrogen-bond acceptors (Lipinski definition) is 3. The van der Waals surface area contributed by atoms with Gasteiger partial charge in [-0.2, -0.15) is 0 Å². The van der Waals surface area contributed by atoms with Crippen LogP contribution in [0.3, 0.4) is 0 Å². The molecule has 0 N–H and O–H groups in total. The Morgan fingerprint density at radius 3 is 2.27 bits per heavy atom. The molecule has 0 saturated carbocycles. The second kappa shape index (κ2) is 4.93. The van der Waals surface area contributed by atoms with Gasteiger partial charge in [0.15, 0.2) is 0 Å². The van der Waals surface area contributed by atoms with E-state index in [1.165, 1.54) is 0 Å². The van der Waals surface area contributed by atoms with Crippen LogP contribution in [0.1, 0.15) is 33.6 Å². The first kappa shape index (κ1) is 10.2. The Balaban J connectivity index is 3.37. The molecule has 0 spiro atoms. The molecule has 1 unspecified atom stereocenters. The summed E-state index contributed by atoms with van der Waals surface area (Å²) in [5, 5.41) is 9.11. The van der Waals surface area contributed by atoms with Gasteiger partial charge in [0, 0.05) is 0 Å². The first-order valence-electron chi connectivity index (χ1n) is 3.83. The Kier molecular flexibility index (Phi) is 4.57. The molecule has 4 nitrogen and oxygen atoms in total. The van der Waals surface area contributed by atoms with E-state index in [2.05, 4.69) is 18.7 Å². The fourth-order valence-electron chi connectivity index (χ4n) is 0.768. The van der Waals surface area contributed by atoms with E-state index in [-0.39, 0.29) is 6.10 Å². The molecule has 0 aliphatic carbocycles. The van der Waals surface area contributed by atoms with Gasteiger partial charge in [0.1, 0.15) is 6.10 Å². The lowest BCUT2D eigenvalue weighted by Gasteiger charge is -2.09. The summed E-state index contributed by atoms with van der Waals surface area (Å²) in [4.78, 5) is 14.2. The van der Waals surface area contributed by atoms with Crippen molar-refractivity contribution < 1.29 is 9.92 Å². The topological polar surface area (TPSA) is 52.4 Å². The maximum absolute atomic E-state index is 9.84. The molecule has 0 saturated heterocycles. The Morgan fingerprint density at radius 2 is 1.91 bits per heavy atom. The minimum atomic E-state index is -0.731. The Labute approximate surface area is 66.6 Å². The van der Waals surface area contributed by atoms with Crippen LogP contribution in [0.5, 0.6) is 0 Å². The number of nitrogens with zero attached hydrogens (tertiary/aromatic N) is 1. The van der Waals surface area contributed by atoms with Crippen LogP contribution in [-0.2, 0) is 4.84 Å². The zero-order valence-electron chi connectivity index (χ0n) is 7.24. The highest BCUT2D eigenvalue weighted by Gasteiger charge is 2.06. The van der Waals surface area contributed by atoms with Gasteiger partial charge in [-0.15, -0.1) is 10.1 Å². The molecule has 0 fully saturated rings. The van der Waals surface area contributed by atoms with Crippen LogP contribution in [0.15, 0.2) is 0 Å². The molecule has 0 aliphatic rings. The Hall–Kier alpha value is -0.800. The molecule has 4 heteroatoms. The normalized spacial score (nSPS) is 13.1. The van der Waals surface area contributed by atoms with Crippen LogP contribution in [-0.4, -0.2) is 11.2 Å². The van der Waals surface area contributed by atoms with Gasteiger partial charge < -0.3 is 4.84 Å². The maximum Gasteiger partial charge on any atom is 0.294 e. The predicted octanol–water partition coefficient (Wildman–Crippen LogP) is 2.02. The summed E-state index contributed by atoms with van der Waals surface area (Å²) in [6.07, 6.45) is 1.44. The van der Waals surface area contributed by atoms with Crippen LogP contribution in [0.4, 0.5) is 0 Å². The van der Waals surface area contributed by atoms with Crippen LogP contribution < -0.4 is 0 Å². The summed E-state index contributed by atoms with van der Waals surface area (Å²) < 4.78 is 0. The molecule has 0 aromatic carbocycles. The number of rotatable bonds is 5. The molecule has 66 valence electrons. The largest absolute Gasteiger partial charge is 0.311 e. The lowest BCUT2D eigenvalue weighted by Crippen LogP contribution is -2.13. The van der Waals surface area contributed by atoms with Crippen LogP contribution >= 0.6 is 0 Å². The minimum Gasteiger partial charge on any atom is -0.311 e. The summed E-state index contributed by atoms with van der Waals surface area (Å²) in [6, 6.07) is 0. The fourth-order valence-corrected chi connectivity index (χ4v) is 0.768. The first-order chi connectivity index (χ1) is 5.02. The molecule has 0 bridgehead atoms. The first-order valence-corrected chi connectivity index (χ1v) is 3.83. The molecule has 0 aliphatic heterocycles. The second-order valence-electron chi connectivity index (χ2n) is 3.11. The molecular formula is C7H15NO3. The van der Waals surface area contributed by atoms with Gasteiger partial charge >= 0.3 is 0 Å². The standard InChI is InChI=1S/C7H15NO3/c1-6(2)4-5-7(3)11-8(9)10/h6-7H,4-5H2,1-3H3. The molecule has 0 amide bonds. The quantitative estimate of drug-likeness (QED) is 0.458. The summed E-state index contributed by atoms with van der Waals surface area (Å²) in [6.45, 7) is 5.88. The highest BCUT2D eigenvalue weighted by molar-refractivity contribution is 4.51. The number of hydrogen-bond donors (Lipinski definition) is 0. The van der Waals surface area contributed by atoms with E-state index in [9.17, 15) is 10.1 Å². The zero-order valence-corrected chi connectivity index (χ0v) is 7.24. The van der Waals surface area contributed by atoms with Gasteiger partial charge in [0.2, 0.25) is 0 Å². The maximum atomic E-state index is 9.84. The van der Waals surface area contributed by atoms with Crippen molar-refractivity contribution in [2.45, 2.75) is 39.7 Å². The summed E-state index contributed by atoms with van der Waals surface area (Å²) in [5.74, 6) is 0.577. The van der Waals surface area contributed by atoms with Crippen LogP contribution in [0.25, 0.3) is 0 Å². The van der Waals surface area contributed by atoms with E-state index in [4.69, 9.17) is 0 Å². The van der Waals surface area contributed by atoms with Gasteiger partial charge in [-0.25, -0.2) is 0 Å². The van der Waals surface area contributed by atoms with E-state index in [1.54, 1.807) is 6.92 Å². The summed E-state index contributed by atoms with van der Waals surface area (Å²) in [7, 11) is 0. The molecular weight excluding hydrogens is 146 g/mol. The average Bonchev–Trinajstić information content (AvgIpc) is 1.82. The molecule has 0 aromatic heterocycles. The van der Waals surface area contributed by atoms with E-state index < -0.39 is 5.09 Å². The van der Waals surface area contributed by atoms with Crippen molar-refractivity contribution in [3.8, 4) is 0 Å². The van der Waals surface area contributed by atoms with E-state index in [0.717, 1.165) is 12.8 Å². The van der Waals surface area contributed by atoms with E-state index >= 15 is 0 Å². The van der Waals surface area contributed by atoms with Crippen molar-refractivity contribution in [1.29, 1.82) is 0 Å². The van der Waals surface area contributed by atoms with Crippen molar-refractivity contribution in [2.24, 2.45) is 5.92 Å². The lowest BCUT2D eigenvalue weighted by atomic mass is 10.1. The second-order valence-corrected chi connectivity index (χ2v) is 3.11. The van der Waals surface area contributed by atoms with Gasteiger partial charge in [-0.05, 0) is 25.7 Å². The van der Waals surface area contributed by atoms with Gasteiger partial charge in [-0.1, -0.05) is 13.8 Å². The van der Waals surface area contributed by atoms with Crippen LogP contribution in [0, 0.1) is 16.0 Å². The monoisotopic (exact) mass is 161 g/mol. The fraction of sp³-hybridized carbons (Fsp3) is 1.00. The third-order valence-electron chi connectivity index (χ3n) is 1.42. The molecule has 0 aromatic rings. The van der Waals surface area contributed by atoms with Crippen molar-refractivity contribution in [3.63, 3.8) is 0 Å². The summed E-state index contributed by atoms with van der Waals surface area (Å²) >= 11 is 0. The molecule has 0 heterocycles. The smallest absolute Gasteiger partial charge is 0.294 e. The van der Waals surface area contributed by atoms with E-state index in [1.807, 2.05) is 0 Å². The van der Waals surface area contributed by atoms with Crippen molar-refractivity contribution in [1.82, 2.24) is 0 Å². The van der Waals surface area contributed by atoms with Crippen molar-refractivity contribution in [2.75, 3.05) is 0 Å². The SMILES string of the molecule is CC(C)CCC(C)O[N+](=O)[O-].